The molecule has 0 amide bonds. The van der Waals surface area contributed by atoms with Crippen LogP contribution in [0.1, 0.15) is 31.9 Å². The first-order valence-electron chi connectivity index (χ1n) is 5.84. The molecule has 0 unspecified atom stereocenters. The number of azide groups is 1. The van der Waals surface area contributed by atoms with Crippen molar-refractivity contribution in [3.63, 3.8) is 0 Å². The molecule has 0 saturated heterocycles. The fourth-order valence-corrected chi connectivity index (χ4v) is 1.52. The second kappa shape index (κ2) is 6.07. The normalized spacial score (nSPS) is 11.7. The molecule has 0 fully saturated rings. The SMILES string of the molecule is COC(=O)/C(=C/c1ccc(C(C)(C)C)cc1)N=[N+]=[N-]. The standard InChI is InChI=1S/C14H17N3O2/c1-14(2,3)11-7-5-10(6-8-11)9-12(16-17-15)13(18)19-4/h5-9H,1-4H3/b12-9-. The molecule has 0 aliphatic carbocycles. The van der Waals surface area contributed by atoms with Gasteiger partial charge in [0.25, 0.3) is 0 Å². The van der Waals surface area contributed by atoms with E-state index in [1.54, 1.807) is 0 Å². The Bertz CT molecular complexity index is 533. The lowest BCUT2D eigenvalue weighted by Gasteiger charge is -2.18. The van der Waals surface area contributed by atoms with E-state index in [2.05, 4.69) is 35.5 Å². The summed E-state index contributed by atoms with van der Waals surface area (Å²) in [7, 11) is 1.24. The molecule has 0 spiro atoms. The minimum absolute atomic E-state index is 0.0616. The van der Waals surface area contributed by atoms with E-state index in [1.807, 2.05) is 24.3 Å². The molecule has 0 aromatic heterocycles. The number of esters is 1. The highest BCUT2D eigenvalue weighted by Crippen LogP contribution is 2.22. The van der Waals surface area contributed by atoms with E-state index in [4.69, 9.17) is 5.53 Å². The van der Waals surface area contributed by atoms with Crippen molar-refractivity contribution in [2.75, 3.05) is 7.11 Å². The largest absolute Gasteiger partial charge is 0.466 e. The Morgan fingerprint density at radius 3 is 2.32 bits per heavy atom. The van der Waals surface area contributed by atoms with Crippen molar-refractivity contribution in [2.45, 2.75) is 26.2 Å². The maximum absolute atomic E-state index is 11.4. The molecule has 0 atom stereocenters. The summed E-state index contributed by atoms with van der Waals surface area (Å²) < 4.78 is 4.54. The number of hydrogen-bond acceptors (Lipinski definition) is 3. The molecule has 0 heterocycles. The van der Waals surface area contributed by atoms with Crippen molar-refractivity contribution in [3.05, 3.63) is 51.5 Å². The molecule has 0 aliphatic rings. The second-order valence-corrected chi connectivity index (χ2v) is 5.08. The van der Waals surface area contributed by atoms with Gasteiger partial charge in [-0.3, -0.25) is 0 Å². The molecule has 19 heavy (non-hydrogen) atoms. The summed E-state index contributed by atoms with van der Waals surface area (Å²) in [5.74, 6) is -0.655. The Balaban J connectivity index is 3.09. The maximum Gasteiger partial charge on any atom is 0.340 e. The monoisotopic (exact) mass is 259 g/mol. The van der Waals surface area contributed by atoms with Gasteiger partial charge < -0.3 is 4.74 Å². The van der Waals surface area contributed by atoms with Crippen LogP contribution in [0, 0.1) is 0 Å². The molecule has 0 aliphatic heterocycles. The van der Waals surface area contributed by atoms with E-state index in [9.17, 15) is 4.79 Å². The van der Waals surface area contributed by atoms with Gasteiger partial charge in [-0.1, -0.05) is 50.2 Å². The number of methoxy groups -OCH3 is 1. The second-order valence-electron chi connectivity index (χ2n) is 5.08. The van der Waals surface area contributed by atoms with Crippen molar-refractivity contribution < 1.29 is 9.53 Å². The molecule has 1 aromatic carbocycles. The minimum atomic E-state index is -0.655. The van der Waals surface area contributed by atoms with Crippen molar-refractivity contribution in [1.82, 2.24) is 0 Å². The zero-order valence-electron chi connectivity index (χ0n) is 11.5. The summed E-state index contributed by atoms with van der Waals surface area (Å²) in [6.45, 7) is 6.37. The van der Waals surface area contributed by atoms with Crippen molar-refractivity contribution in [2.24, 2.45) is 5.11 Å². The van der Waals surface area contributed by atoms with E-state index >= 15 is 0 Å². The highest BCUT2D eigenvalue weighted by atomic mass is 16.5. The summed E-state index contributed by atoms with van der Waals surface area (Å²) in [6, 6.07) is 7.71. The van der Waals surface area contributed by atoms with Crippen LogP contribution in [0.2, 0.25) is 0 Å². The van der Waals surface area contributed by atoms with Crippen molar-refractivity contribution in [1.29, 1.82) is 0 Å². The smallest absolute Gasteiger partial charge is 0.340 e. The predicted molar refractivity (Wildman–Crippen MR) is 74.3 cm³/mol. The third kappa shape index (κ3) is 4.16. The number of rotatable bonds is 3. The summed E-state index contributed by atoms with van der Waals surface area (Å²) >= 11 is 0. The van der Waals surface area contributed by atoms with Crippen LogP contribution >= 0.6 is 0 Å². The Hall–Kier alpha value is -2.26. The van der Waals surface area contributed by atoms with Crippen LogP contribution in [-0.2, 0) is 14.9 Å². The Kier molecular flexibility index (Phi) is 4.73. The molecule has 1 aromatic rings. The van der Waals surface area contributed by atoms with Crippen LogP contribution in [0.15, 0.2) is 35.1 Å². The number of carbonyl (C=O) groups is 1. The maximum atomic E-state index is 11.4. The summed E-state index contributed by atoms with van der Waals surface area (Å²) in [4.78, 5) is 14.0. The van der Waals surface area contributed by atoms with Gasteiger partial charge in [-0.15, -0.1) is 0 Å². The zero-order valence-corrected chi connectivity index (χ0v) is 11.5. The van der Waals surface area contributed by atoms with Gasteiger partial charge >= 0.3 is 5.97 Å². The first kappa shape index (κ1) is 14.8. The number of ether oxygens (including phenoxy) is 1. The molecule has 100 valence electrons. The quantitative estimate of drug-likeness (QED) is 0.272. The molecule has 0 saturated carbocycles. The first-order valence-corrected chi connectivity index (χ1v) is 5.84. The molecule has 5 heteroatoms. The Labute approximate surface area is 112 Å². The number of carbonyl (C=O) groups excluding carboxylic acids is 1. The van der Waals surface area contributed by atoms with Crippen LogP contribution in [0.25, 0.3) is 16.5 Å². The van der Waals surface area contributed by atoms with Crippen molar-refractivity contribution in [3.8, 4) is 0 Å². The number of nitrogens with zero attached hydrogens (tertiary/aromatic N) is 3. The van der Waals surface area contributed by atoms with Gasteiger partial charge in [0.15, 0.2) is 0 Å². The first-order chi connectivity index (χ1) is 8.88. The van der Waals surface area contributed by atoms with Crippen LogP contribution in [0.3, 0.4) is 0 Å². The Morgan fingerprint density at radius 2 is 1.89 bits per heavy atom. The van der Waals surface area contributed by atoms with Gasteiger partial charge in [-0.05, 0) is 28.1 Å². The van der Waals surface area contributed by atoms with Crippen LogP contribution < -0.4 is 0 Å². The van der Waals surface area contributed by atoms with E-state index < -0.39 is 5.97 Å². The molecule has 0 bridgehead atoms. The lowest BCUT2D eigenvalue weighted by atomic mass is 9.87. The number of hydrogen-bond donors (Lipinski definition) is 0. The average Bonchev–Trinajstić information content (AvgIpc) is 2.37. The van der Waals surface area contributed by atoms with E-state index in [0.29, 0.717) is 0 Å². The third-order valence-electron chi connectivity index (χ3n) is 2.63. The minimum Gasteiger partial charge on any atom is -0.466 e. The molecule has 1 rings (SSSR count). The fourth-order valence-electron chi connectivity index (χ4n) is 1.52. The predicted octanol–water partition coefficient (Wildman–Crippen LogP) is 3.81. The van der Waals surface area contributed by atoms with Gasteiger partial charge in [0.2, 0.25) is 0 Å². The molecule has 0 N–H and O–H groups in total. The lowest BCUT2D eigenvalue weighted by molar-refractivity contribution is -0.136. The molecule has 0 radical (unpaired) electrons. The van der Waals surface area contributed by atoms with E-state index in [0.717, 1.165) is 5.56 Å². The van der Waals surface area contributed by atoms with Gasteiger partial charge in [0, 0.05) is 4.91 Å². The molecular formula is C14H17N3O2. The Morgan fingerprint density at radius 1 is 1.32 bits per heavy atom. The average molecular weight is 259 g/mol. The lowest BCUT2D eigenvalue weighted by Crippen LogP contribution is -2.10. The van der Waals surface area contributed by atoms with Gasteiger partial charge in [0.05, 0.1) is 7.11 Å². The van der Waals surface area contributed by atoms with E-state index in [-0.39, 0.29) is 11.1 Å². The molecular weight excluding hydrogens is 242 g/mol. The highest BCUT2D eigenvalue weighted by molar-refractivity contribution is 5.93. The van der Waals surface area contributed by atoms with Crippen molar-refractivity contribution >= 4 is 12.0 Å². The highest BCUT2D eigenvalue weighted by Gasteiger charge is 2.13. The number of benzene rings is 1. The van der Waals surface area contributed by atoms with E-state index in [1.165, 1.54) is 18.7 Å². The van der Waals surface area contributed by atoms with Crippen LogP contribution in [-0.4, -0.2) is 13.1 Å². The van der Waals surface area contributed by atoms with Crippen LogP contribution in [0.5, 0.6) is 0 Å². The zero-order chi connectivity index (χ0) is 14.5. The fraction of sp³-hybridized carbons (Fsp3) is 0.357. The summed E-state index contributed by atoms with van der Waals surface area (Å²) in [5, 5.41) is 3.33. The molecule has 5 nitrogen and oxygen atoms in total. The van der Waals surface area contributed by atoms with Gasteiger partial charge in [0.1, 0.15) is 5.70 Å². The summed E-state index contributed by atoms with van der Waals surface area (Å²) in [5.41, 5.74) is 10.4. The van der Waals surface area contributed by atoms with Gasteiger partial charge in [-0.2, -0.15) is 0 Å². The third-order valence-corrected chi connectivity index (χ3v) is 2.63. The van der Waals surface area contributed by atoms with Crippen LogP contribution in [0.4, 0.5) is 0 Å². The topological polar surface area (TPSA) is 75.1 Å². The summed E-state index contributed by atoms with van der Waals surface area (Å²) in [6.07, 6.45) is 1.50. The van der Waals surface area contributed by atoms with Gasteiger partial charge in [-0.25, -0.2) is 4.79 Å².